The number of esters is 1. The molecule has 3 N–H and O–H groups in total. The number of carbonyl (C=O) groups excluding carboxylic acids is 2. The van der Waals surface area contributed by atoms with Crippen LogP contribution in [0.4, 0.5) is 0 Å². The lowest BCUT2D eigenvalue weighted by molar-refractivity contribution is -0.143. The van der Waals surface area contributed by atoms with E-state index in [1.807, 2.05) is 0 Å². The van der Waals surface area contributed by atoms with Crippen molar-refractivity contribution in [2.45, 2.75) is 309 Å². The quantitative estimate of drug-likeness (QED) is 0.0322. The van der Waals surface area contributed by atoms with E-state index in [2.05, 4.69) is 31.3 Å². The van der Waals surface area contributed by atoms with E-state index in [0.29, 0.717) is 25.9 Å². The zero-order valence-electron chi connectivity index (χ0n) is 40.5. The lowest BCUT2D eigenvalue weighted by Crippen LogP contribution is -2.45. The van der Waals surface area contributed by atoms with Gasteiger partial charge in [-0.3, -0.25) is 9.59 Å². The first-order valence-corrected chi connectivity index (χ1v) is 26.9. The van der Waals surface area contributed by atoms with Crippen LogP contribution in [0.25, 0.3) is 0 Å². The maximum Gasteiger partial charge on any atom is 0.305 e. The summed E-state index contributed by atoms with van der Waals surface area (Å²) >= 11 is 0. The Morgan fingerprint density at radius 1 is 0.450 bits per heavy atom. The second-order valence-corrected chi connectivity index (χ2v) is 18.6. The highest BCUT2D eigenvalue weighted by Gasteiger charge is 2.20. The van der Waals surface area contributed by atoms with Crippen LogP contribution in [0.3, 0.4) is 0 Å². The minimum Gasteiger partial charge on any atom is -0.466 e. The molecule has 0 bridgehead atoms. The van der Waals surface area contributed by atoms with Crippen molar-refractivity contribution in [1.82, 2.24) is 5.32 Å². The van der Waals surface area contributed by atoms with Crippen LogP contribution in [0, 0.1) is 0 Å². The monoisotopic (exact) mass is 848 g/mol. The lowest BCUT2D eigenvalue weighted by atomic mass is 10.0. The Hall–Kier alpha value is -1.40. The van der Waals surface area contributed by atoms with Crippen LogP contribution in [0.15, 0.2) is 12.2 Å². The zero-order chi connectivity index (χ0) is 43.7. The number of ether oxygens (including phenoxy) is 1. The molecule has 0 radical (unpaired) electrons. The van der Waals surface area contributed by atoms with Crippen LogP contribution in [0.2, 0.25) is 0 Å². The largest absolute Gasteiger partial charge is 0.466 e. The number of carbonyl (C=O) groups is 2. The number of aliphatic hydroxyl groups excluding tert-OH is 2. The van der Waals surface area contributed by atoms with Crippen molar-refractivity contribution in [3.63, 3.8) is 0 Å². The van der Waals surface area contributed by atoms with E-state index in [9.17, 15) is 19.8 Å². The second-order valence-electron chi connectivity index (χ2n) is 18.6. The molecule has 2 atom stereocenters. The van der Waals surface area contributed by atoms with Crippen molar-refractivity contribution in [2.24, 2.45) is 0 Å². The summed E-state index contributed by atoms with van der Waals surface area (Å²) in [4.78, 5) is 24.5. The first kappa shape index (κ1) is 58.6. The van der Waals surface area contributed by atoms with Gasteiger partial charge in [0, 0.05) is 12.8 Å². The van der Waals surface area contributed by atoms with Crippen molar-refractivity contribution in [1.29, 1.82) is 0 Å². The van der Waals surface area contributed by atoms with Gasteiger partial charge in [0.25, 0.3) is 0 Å². The summed E-state index contributed by atoms with van der Waals surface area (Å²) in [7, 11) is 0. The molecule has 60 heavy (non-hydrogen) atoms. The number of amides is 1. The van der Waals surface area contributed by atoms with E-state index in [0.717, 1.165) is 51.4 Å². The molecule has 1 amide bonds. The van der Waals surface area contributed by atoms with E-state index >= 15 is 0 Å². The molecule has 0 aliphatic rings. The van der Waals surface area contributed by atoms with E-state index in [1.165, 1.54) is 212 Å². The molecule has 0 spiro atoms. The highest BCUT2D eigenvalue weighted by Crippen LogP contribution is 2.17. The smallest absolute Gasteiger partial charge is 0.305 e. The molecule has 6 nitrogen and oxygen atoms in total. The topological polar surface area (TPSA) is 95.9 Å². The van der Waals surface area contributed by atoms with Crippen molar-refractivity contribution < 1.29 is 24.5 Å². The molecule has 6 heteroatoms. The first-order valence-electron chi connectivity index (χ1n) is 26.9. The van der Waals surface area contributed by atoms with Gasteiger partial charge < -0.3 is 20.3 Å². The predicted molar refractivity (Wildman–Crippen MR) is 260 cm³/mol. The number of aliphatic hydroxyl groups is 2. The van der Waals surface area contributed by atoms with Gasteiger partial charge >= 0.3 is 5.97 Å². The molecule has 0 aliphatic heterocycles. The number of hydrogen-bond donors (Lipinski definition) is 3. The Labute approximate surface area is 374 Å². The van der Waals surface area contributed by atoms with Gasteiger partial charge in [-0.2, -0.15) is 0 Å². The van der Waals surface area contributed by atoms with Crippen LogP contribution in [-0.4, -0.2) is 47.4 Å². The molecule has 0 rings (SSSR count). The Kier molecular flexibility index (Phi) is 49.1. The third-order valence-corrected chi connectivity index (χ3v) is 12.6. The molecule has 0 aromatic heterocycles. The summed E-state index contributed by atoms with van der Waals surface area (Å²) < 4.78 is 5.47. The first-order chi connectivity index (χ1) is 29.5. The highest BCUT2D eigenvalue weighted by molar-refractivity contribution is 5.76. The number of nitrogens with one attached hydrogen (secondary N) is 1. The summed E-state index contributed by atoms with van der Waals surface area (Å²) in [6, 6.07) is -0.549. The molecule has 2 unspecified atom stereocenters. The molecule has 0 fully saturated rings. The fourth-order valence-electron chi connectivity index (χ4n) is 8.40. The lowest BCUT2D eigenvalue weighted by Gasteiger charge is -2.22. The van der Waals surface area contributed by atoms with Gasteiger partial charge in [0.1, 0.15) is 0 Å². The highest BCUT2D eigenvalue weighted by atomic mass is 16.5. The summed E-state index contributed by atoms with van der Waals surface area (Å²) in [5.41, 5.74) is 0. The molecule has 0 saturated carbocycles. The molecular weight excluding hydrogens is 743 g/mol. The molecule has 0 heterocycles. The minimum atomic E-state index is -0.671. The molecule has 0 saturated heterocycles. The van der Waals surface area contributed by atoms with Gasteiger partial charge in [0.15, 0.2) is 0 Å². The van der Waals surface area contributed by atoms with Crippen LogP contribution in [0.1, 0.15) is 296 Å². The third-order valence-electron chi connectivity index (χ3n) is 12.6. The van der Waals surface area contributed by atoms with Crippen LogP contribution < -0.4 is 5.32 Å². The Morgan fingerprint density at radius 2 is 0.783 bits per heavy atom. The number of hydrogen-bond acceptors (Lipinski definition) is 5. The van der Waals surface area contributed by atoms with Crippen molar-refractivity contribution in [2.75, 3.05) is 13.2 Å². The average Bonchev–Trinajstić information content (AvgIpc) is 3.25. The summed E-state index contributed by atoms with van der Waals surface area (Å²) in [6.07, 6.45) is 57.5. The summed E-state index contributed by atoms with van der Waals surface area (Å²) in [5.74, 6) is -0.0557. The molecule has 0 aromatic carbocycles. The number of rotatable bonds is 50. The average molecular weight is 848 g/mol. The van der Waals surface area contributed by atoms with E-state index in [4.69, 9.17) is 4.74 Å². The molecule has 0 aromatic rings. The van der Waals surface area contributed by atoms with Gasteiger partial charge in [0.2, 0.25) is 5.91 Å². The van der Waals surface area contributed by atoms with Crippen molar-refractivity contribution in [3.05, 3.63) is 12.2 Å². The number of allylic oxidation sites excluding steroid dienone is 2. The Morgan fingerprint density at radius 3 is 1.18 bits per heavy atom. The predicted octanol–water partition coefficient (Wildman–Crippen LogP) is 16.1. The minimum absolute atomic E-state index is 0.00807. The molecule has 356 valence electrons. The maximum atomic E-state index is 12.4. The second kappa shape index (κ2) is 50.2. The molecule has 0 aliphatic carbocycles. The summed E-state index contributed by atoms with van der Waals surface area (Å²) in [5, 5.41) is 23.2. The standard InChI is InChI=1S/C54H105NO5/c1-3-5-7-9-11-13-15-17-18-19-20-21-24-28-32-36-40-44-48-54(59)60-49-45-41-37-33-29-25-22-23-27-31-35-39-43-47-53(58)55-51(50-56)52(57)46-42-38-34-30-26-16-14-12-10-8-6-4-2/h18-19,51-52,56-57H,3-17,20-50H2,1-2H3,(H,55,58)/b19-18-. The van der Waals surface area contributed by atoms with Crippen LogP contribution in [0.5, 0.6) is 0 Å². The number of unbranched alkanes of at least 4 members (excludes halogenated alkanes) is 37. The van der Waals surface area contributed by atoms with E-state index in [-0.39, 0.29) is 18.5 Å². The molecular formula is C54H105NO5. The van der Waals surface area contributed by atoms with Gasteiger partial charge in [-0.05, 0) is 51.4 Å². The normalized spacial score (nSPS) is 12.7. The maximum absolute atomic E-state index is 12.4. The Balaban J connectivity index is 3.42. The third kappa shape index (κ3) is 46.1. The van der Waals surface area contributed by atoms with Crippen molar-refractivity contribution in [3.8, 4) is 0 Å². The van der Waals surface area contributed by atoms with E-state index < -0.39 is 12.1 Å². The van der Waals surface area contributed by atoms with E-state index in [1.54, 1.807) is 0 Å². The van der Waals surface area contributed by atoms with Crippen LogP contribution in [-0.2, 0) is 14.3 Å². The van der Waals surface area contributed by atoms with Gasteiger partial charge in [-0.25, -0.2) is 0 Å². The SMILES string of the molecule is CCCCCCCCC/C=C\CCCCCCCCCC(=O)OCCCCCCCCCCCCCCCC(=O)NC(CO)C(O)CCCCCCCCCCCCCC. The fraction of sp³-hybridized carbons (Fsp3) is 0.926. The van der Waals surface area contributed by atoms with Gasteiger partial charge in [0.05, 0.1) is 25.4 Å². The zero-order valence-corrected chi connectivity index (χ0v) is 40.5. The van der Waals surface area contributed by atoms with Crippen LogP contribution >= 0.6 is 0 Å². The van der Waals surface area contributed by atoms with Crippen molar-refractivity contribution >= 4 is 11.9 Å². The fourth-order valence-corrected chi connectivity index (χ4v) is 8.40. The van der Waals surface area contributed by atoms with Gasteiger partial charge in [-0.15, -0.1) is 0 Å². The van der Waals surface area contributed by atoms with Gasteiger partial charge in [-0.1, -0.05) is 244 Å². The summed E-state index contributed by atoms with van der Waals surface area (Å²) in [6.45, 7) is 4.92. The Bertz CT molecular complexity index is 893.